The van der Waals surface area contributed by atoms with E-state index in [4.69, 9.17) is 5.26 Å². The zero-order valence-electron chi connectivity index (χ0n) is 9.19. The van der Waals surface area contributed by atoms with Crippen molar-refractivity contribution in [3.8, 4) is 6.19 Å². The molecule has 0 radical (unpaired) electrons. The fourth-order valence-electron chi connectivity index (χ4n) is 2.23. The van der Waals surface area contributed by atoms with Crippen LogP contribution in [0.5, 0.6) is 0 Å². The topological polar surface area (TPSA) is 27.0 Å². The summed E-state index contributed by atoms with van der Waals surface area (Å²) in [5.74, 6) is 0.429. The molecular weight excluding hydrogens is 203 g/mol. The number of nitrogens with zero attached hydrogens (tertiary/aromatic N) is 2. The maximum Gasteiger partial charge on any atom is 0.179 e. The van der Waals surface area contributed by atoms with Gasteiger partial charge in [-0.2, -0.15) is 5.26 Å². The lowest BCUT2D eigenvalue weighted by molar-refractivity contribution is 0.251. The highest BCUT2D eigenvalue weighted by atomic mass is 19.1. The van der Waals surface area contributed by atoms with Crippen LogP contribution in [-0.2, 0) is 6.42 Å². The Labute approximate surface area is 95.3 Å². The van der Waals surface area contributed by atoms with Gasteiger partial charge in [0, 0.05) is 13.1 Å². The number of likely N-dealkylation sites (tertiary alicyclic amines) is 1. The van der Waals surface area contributed by atoms with Crippen LogP contribution in [0.1, 0.15) is 18.4 Å². The van der Waals surface area contributed by atoms with Gasteiger partial charge >= 0.3 is 0 Å². The number of hydrogen-bond donors (Lipinski definition) is 0. The molecule has 1 fully saturated rings. The summed E-state index contributed by atoms with van der Waals surface area (Å²) in [6, 6.07) is 6.81. The average Bonchev–Trinajstić information content (AvgIpc) is 2.30. The molecule has 0 bridgehead atoms. The average molecular weight is 218 g/mol. The molecule has 2 nitrogen and oxygen atoms in total. The fraction of sp³-hybridized carbons (Fsp3) is 0.462. The van der Waals surface area contributed by atoms with Gasteiger partial charge in [-0.15, -0.1) is 0 Å². The number of hydrogen-bond acceptors (Lipinski definition) is 2. The minimum absolute atomic E-state index is 0.160. The number of piperidine rings is 1. The summed E-state index contributed by atoms with van der Waals surface area (Å²) in [7, 11) is 0. The summed E-state index contributed by atoms with van der Waals surface area (Å²) < 4.78 is 13.0. The lowest BCUT2D eigenvalue weighted by Crippen LogP contribution is -2.30. The zero-order chi connectivity index (χ0) is 11.4. The Bertz CT molecular complexity index is 389. The van der Waals surface area contributed by atoms with E-state index in [1.165, 1.54) is 6.07 Å². The highest BCUT2D eigenvalue weighted by Crippen LogP contribution is 2.21. The Morgan fingerprint density at radius 2 is 2.12 bits per heavy atom. The van der Waals surface area contributed by atoms with Crippen LogP contribution in [0, 0.1) is 23.2 Å². The van der Waals surface area contributed by atoms with E-state index in [9.17, 15) is 4.39 Å². The highest BCUT2D eigenvalue weighted by molar-refractivity contribution is 5.17. The summed E-state index contributed by atoms with van der Waals surface area (Å²) in [4.78, 5) is 1.79. The Balaban J connectivity index is 1.90. The lowest BCUT2D eigenvalue weighted by atomic mass is 9.90. The molecule has 1 aliphatic heterocycles. The fourth-order valence-corrected chi connectivity index (χ4v) is 2.23. The van der Waals surface area contributed by atoms with Gasteiger partial charge in [-0.1, -0.05) is 12.1 Å². The minimum atomic E-state index is -0.160. The van der Waals surface area contributed by atoms with Gasteiger partial charge in [0.2, 0.25) is 0 Å². The van der Waals surface area contributed by atoms with Crippen LogP contribution in [0.15, 0.2) is 24.3 Å². The van der Waals surface area contributed by atoms with Crippen molar-refractivity contribution >= 4 is 0 Å². The maximum atomic E-state index is 13.0. The molecule has 1 aromatic rings. The molecule has 16 heavy (non-hydrogen) atoms. The third-order valence-corrected chi connectivity index (χ3v) is 3.17. The largest absolute Gasteiger partial charge is 0.311 e. The van der Waals surface area contributed by atoms with Crippen LogP contribution in [0.3, 0.4) is 0 Å². The van der Waals surface area contributed by atoms with E-state index in [2.05, 4.69) is 6.19 Å². The molecule has 0 aromatic heterocycles. The monoisotopic (exact) mass is 218 g/mol. The SMILES string of the molecule is N#CN1CCC(Cc2cccc(F)c2)CC1. The molecule has 0 amide bonds. The van der Waals surface area contributed by atoms with E-state index in [-0.39, 0.29) is 5.82 Å². The van der Waals surface area contributed by atoms with Crippen LogP contribution in [0.25, 0.3) is 0 Å². The molecule has 0 N–H and O–H groups in total. The first-order valence-electron chi connectivity index (χ1n) is 5.67. The molecule has 1 heterocycles. The summed E-state index contributed by atoms with van der Waals surface area (Å²) in [5.41, 5.74) is 1.07. The number of benzene rings is 1. The molecular formula is C13H15FN2. The first-order chi connectivity index (χ1) is 7.78. The predicted octanol–water partition coefficient (Wildman–Crippen LogP) is 2.56. The van der Waals surface area contributed by atoms with Crippen LogP contribution < -0.4 is 0 Å². The summed E-state index contributed by atoms with van der Waals surface area (Å²) >= 11 is 0. The molecule has 0 aliphatic carbocycles. The summed E-state index contributed by atoms with van der Waals surface area (Å²) in [6.07, 6.45) is 5.16. The van der Waals surface area contributed by atoms with E-state index in [0.717, 1.165) is 37.9 Å². The van der Waals surface area contributed by atoms with E-state index in [1.807, 2.05) is 6.07 Å². The van der Waals surface area contributed by atoms with Gasteiger partial charge in [0.25, 0.3) is 0 Å². The van der Waals surface area contributed by atoms with Crippen LogP contribution >= 0.6 is 0 Å². The molecule has 2 rings (SSSR count). The van der Waals surface area contributed by atoms with Gasteiger partial charge in [0.1, 0.15) is 5.82 Å². The van der Waals surface area contributed by atoms with Gasteiger partial charge in [-0.25, -0.2) is 4.39 Å². The summed E-state index contributed by atoms with van der Waals surface area (Å²) in [6.45, 7) is 1.69. The standard InChI is InChI=1S/C13H15FN2/c14-13-3-1-2-12(9-13)8-11-4-6-16(10-15)7-5-11/h1-3,9,11H,4-8H2. The third-order valence-electron chi connectivity index (χ3n) is 3.17. The van der Waals surface area contributed by atoms with Gasteiger partial charge in [0.15, 0.2) is 6.19 Å². The van der Waals surface area contributed by atoms with E-state index >= 15 is 0 Å². The number of rotatable bonds is 2. The zero-order valence-corrected chi connectivity index (χ0v) is 9.19. The van der Waals surface area contributed by atoms with Crippen molar-refractivity contribution in [3.63, 3.8) is 0 Å². The van der Waals surface area contributed by atoms with Crippen molar-refractivity contribution < 1.29 is 4.39 Å². The lowest BCUT2D eigenvalue weighted by Gasteiger charge is -2.28. The Kier molecular flexibility index (Phi) is 3.40. The van der Waals surface area contributed by atoms with Crippen molar-refractivity contribution in [1.29, 1.82) is 5.26 Å². The molecule has 3 heteroatoms. The van der Waals surface area contributed by atoms with Gasteiger partial charge < -0.3 is 4.90 Å². The van der Waals surface area contributed by atoms with Crippen molar-refractivity contribution in [3.05, 3.63) is 35.6 Å². The molecule has 84 valence electrons. The Morgan fingerprint density at radius 1 is 1.38 bits per heavy atom. The highest BCUT2D eigenvalue weighted by Gasteiger charge is 2.18. The molecule has 1 aromatic carbocycles. The molecule has 0 atom stereocenters. The van der Waals surface area contributed by atoms with E-state index < -0.39 is 0 Å². The Hall–Kier alpha value is -1.56. The molecule has 0 unspecified atom stereocenters. The van der Waals surface area contributed by atoms with E-state index in [0.29, 0.717) is 5.92 Å². The second kappa shape index (κ2) is 4.98. The maximum absolute atomic E-state index is 13.0. The second-order valence-electron chi connectivity index (χ2n) is 4.36. The van der Waals surface area contributed by atoms with Crippen LogP contribution in [0.2, 0.25) is 0 Å². The molecule has 1 aliphatic rings. The van der Waals surface area contributed by atoms with Gasteiger partial charge in [0.05, 0.1) is 0 Å². The quantitative estimate of drug-likeness (QED) is 0.713. The molecule has 1 saturated heterocycles. The molecule has 0 saturated carbocycles. The number of halogens is 1. The van der Waals surface area contributed by atoms with Gasteiger partial charge in [-0.05, 0) is 42.9 Å². The first-order valence-corrected chi connectivity index (χ1v) is 5.67. The third kappa shape index (κ3) is 2.73. The van der Waals surface area contributed by atoms with Crippen molar-refractivity contribution in [1.82, 2.24) is 4.90 Å². The van der Waals surface area contributed by atoms with Crippen molar-refractivity contribution in [2.45, 2.75) is 19.3 Å². The summed E-state index contributed by atoms with van der Waals surface area (Å²) in [5, 5.41) is 8.73. The minimum Gasteiger partial charge on any atom is -0.311 e. The normalized spacial score (nSPS) is 17.1. The smallest absolute Gasteiger partial charge is 0.179 e. The van der Waals surface area contributed by atoms with E-state index in [1.54, 1.807) is 17.0 Å². The second-order valence-corrected chi connectivity index (χ2v) is 4.36. The predicted molar refractivity (Wildman–Crippen MR) is 60.0 cm³/mol. The van der Waals surface area contributed by atoms with Crippen molar-refractivity contribution in [2.24, 2.45) is 5.92 Å². The Morgan fingerprint density at radius 3 is 2.75 bits per heavy atom. The van der Waals surface area contributed by atoms with Crippen molar-refractivity contribution in [2.75, 3.05) is 13.1 Å². The van der Waals surface area contributed by atoms with Gasteiger partial charge in [-0.3, -0.25) is 0 Å². The first kappa shape index (κ1) is 10.9. The number of nitriles is 1. The van der Waals surface area contributed by atoms with Crippen LogP contribution in [-0.4, -0.2) is 18.0 Å². The van der Waals surface area contributed by atoms with Crippen LogP contribution in [0.4, 0.5) is 4.39 Å². The molecule has 0 spiro atoms.